The Morgan fingerprint density at radius 2 is 1.71 bits per heavy atom. The molecule has 246 valence electrons. The van der Waals surface area contributed by atoms with Crippen LogP contribution in [0.15, 0.2) is 46.3 Å². The molecule has 45 heavy (non-hydrogen) atoms. The zero-order valence-electron chi connectivity index (χ0n) is 25.8. The van der Waals surface area contributed by atoms with Crippen molar-refractivity contribution < 1.29 is 41.3 Å². The number of halogens is 1. The number of esters is 1. The molecule has 0 spiro atoms. The molecule has 12 nitrogen and oxygen atoms in total. The summed E-state index contributed by atoms with van der Waals surface area (Å²) in [5, 5.41) is 5.45. The number of fused-ring (bicyclic) bond motifs is 1. The highest BCUT2D eigenvalue weighted by Gasteiger charge is 2.62. The van der Waals surface area contributed by atoms with Crippen LogP contribution in [0.1, 0.15) is 52.9 Å². The largest absolute Gasteiger partial charge is 0.467 e. The zero-order chi connectivity index (χ0) is 32.9. The third kappa shape index (κ3) is 7.07. The maximum Gasteiger partial charge on any atom is 0.408 e. The number of likely N-dealkylation sites (tertiary alicyclic amines) is 1. The Bertz CT molecular complexity index is 1470. The van der Waals surface area contributed by atoms with Crippen molar-refractivity contribution in [3.8, 4) is 0 Å². The summed E-state index contributed by atoms with van der Waals surface area (Å²) >= 11 is 3.27. The van der Waals surface area contributed by atoms with Gasteiger partial charge in [-0.3, -0.25) is 13.8 Å². The van der Waals surface area contributed by atoms with Gasteiger partial charge in [0.25, 0.3) is 10.1 Å². The minimum absolute atomic E-state index is 0.0885. The predicted molar refractivity (Wildman–Crippen MR) is 165 cm³/mol. The first kappa shape index (κ1) is 33.4. The number of alkyl carbamates (subject to hydrolysis) is 1. The van der Waals surface area contributed by atoms with Crippen LogP contribution >= 0.6 is 15.9 Å². The summed E-state index contributed by atoms with van der Waals surface area (Å²) in [5.74, 6) is -1.11. The molecule has 2 N–H and O–H groups in total. The summed E-state index contributed by atoms with van der Waals surface area (Å²) in [6, 6.07) is 3.55. The first-order valence-electron chi connectivity index (χ1n) is 15.1. The number of amides is 3. The Kier molecular flexibility index (Phi) is 9.15. The van der Waals surface area contributed by atoms with Crippen LogP contribution in [-0.4, -0.2) is 80.7 Å². The van der Waals surface area contributed by atoms with Gasteiger partial charge in [-0.25, -0.2) is 9.59 Å². The monoisotopic (exact) mass is 709 g/mol. The van der Waals surface area contributed by atoms with E-state index < -0.39 is 63.1 Å². The maximum absolute atomic E-state index is 14.2. The normalized spacial score (nSPS) is 30.9. The Hall–Kier alpha value is -2.97. The molecule has 4 aliphatic rings. The van der Waals surface area contributed by atoms with Gasteiger partial charge in [-0.1, -0.05) is 42.8 Å². The second-order valence-corrected chi connectivity index (χ2v) is 16.1. The smallest absolute Gasteiger partial charge is 0.408 e. The van der Waals surface area contributed by atoms with E-state index >= 15 is 0 Å². The van der Waals surface area contributed by atoms with E-state index in [0.717, 1.165) is 19.3 Å². The highest BCUT2D eigenvalue weighted by atomic mass is 79.9. The van der Waals surface area contributed by atoms with Gasteiger partial charge in [0, 0.05) is 23.4 Å². The van der Waals surface area contributed by atoms with Crippen LogP contribution in [0.4, 0.5) is 4.79 Å². The molecule has 3 amide bonds. The second kappa shape index (κ2) is 12.3. The average molecular weight is 711 g/mol. The summed E-state index contributed by atoms with van der Waals surface area (Å²) in [4.78, 5) is 54.8. The summed E-state index contributed by atoms with van der Waals surface area (Å²) in [5.41, 5.74) is -2.15. The fourth-order valence-electron chi connectivity index (χ4n) is 6.56. The highest BCUT2D eigenvalue weighted by molar-refractivity contribution is 9.10. The molecule has 1 aliphatic heterocycles. The quantitative estimate of drug-likeness (QED) is 0.211. The Labute approximate surface area is 271 Å². The van der Waals surface area contributed by atoms with Crippen molar-refractivity contribution in [3.63, 3.8) is 0 Å². The highest BCUT2D eigenvalue weighted by Crippen LogP contribution is 2.52. The average Bonchev–Trinajstić information content (AvgIpc) is 3.78. The molecule has 0 bridgehead atoms. The van der Waals surface area contributed by atoms with Crippen LogP contribution < -0.4 is 10.6 Å². The molecular weight excluding hydrogens is 670 g/mol. The summed E-state index contributed by atoms with van der Waals surface area (Å²) in [7, 11) is -3.05. The molecule has 0 unspecified atom stereocenters. The second-order valence-electron chi connectivity index (χ2n) is 13.6. The maximum atomic E-state index is 14.2. The summed E-state index contributed by atoms with van der Waals surface area (Å²) in [6.07, 6.45) is 2.40. The number of hydrogen-bond donors (Lipinski definition) is 2. The first-order valence-corrected chi connectivity index (χ1v) is 17.3. The molecule has 8 atom stereocenters. The van der Waals surface area contributed by atoms with Crippen LogP contribution in [0.25, 0.3) is 0 Å². The predicted octanol–water partition coefficient (Wildman–Crippen LogP) is 3.30. The minimum atomic E-state index is -4.26. The molecule has 14 heteroatoms. The van der Waals surface area contributed by atoms with Gasteiger partial charge in [0.1, 0.15) is 23.7 Å². The lowest BCUT2D eigenvalue weighted by atomic mass is 9.85. The summed E-state index contributed by atoms with van der Waals surface area (Å²) < 4.78 is 43.1. The molecule has 1 saturated heterocycles. The number of ether oxygens (including phenoxy) is 2. The SMILES string of the molecule is C=C[C@@H]1C[C@]1(NC(=O)[C@@H]1C[C@H](OS(=O)(=O)c2ccc(Br)cc2)CN1C(=O)[C@@H](NC(=O)O[C@H]1C[C@@H]2C[C@@H]2C1)C(C)(C)C)C(=O)OC. The molecular formula is C31H40BrN3O9S. The van der Waals surface area contributed by atoms with Crippen molar-refractivity contribution in [1.82, 2.24) is 15.5 Å². The molecule has 3 saturated carbocycles. The van der Waals surface area contributed by atoms with Gasteiger partial charge in [0.2, 0.25) is 11.8 Å². The Morgan fingerprint density at radius 1 is 1.07 bits per heavy atom. The van der Waals surface area contributed by atoms with Gasteiger partial charge in [0.05, 0.1) is 18.1 Å². The van der Waals surface area contributed by atoms with Gasteiger partial charge in [-0.05, 0) is 67.2 Å². The number of rotatable bonds is 10. The van der Waals surface area contributed by atoms with Gasteiger partial charge >= 0.3 is 12.1 Å². The molecule has 0 aromatic heterocycles. The lowest BCUT2D eigenvalue weighted by molar-refractivity contribution is -0.148. The van der Waals surface area contributed by atoms with E-state index in [-0.39, 0.29) is 36.3 Å². The molecule has 1 aromatic rings. The van der Waals surface area contributed by atoms with E-state index in [2.05, 4.69) is 33.1 Å². The van der Waals surface area contributed by atoms with Crippen LogP contribution in [0, 0.1) is 23.2 Å². The minimum Gasteiger partial charge on any atom is -0.467 e. The number of hydrogen-bond acceptors (Lipinski definition) is 9. The number of carbonyl (C=O) groups is 4. The Morgan fingerprint density at radius 3 is 2.27 bits per heavy atom. The molecule has 1 aromatic carbocycles. The van der Waals surface area contributed by atoms with Gasteiger partial charge in [0.15, 0.2) is 0 Å². The van der Waals surface area contributed by atoms with E-state index in [9.17, 15) is 27.6 Å². The third-order valence-corrected chi connectivity index (χ3v) is 11.2. The lowest BCUT2D eigenvalue weighted by Gasteiger charge is -2.35. The van der Waals surface area contributed by atoms with Gasteiger partial charge in [-0.2, -0.15) is 8.42 Å². The molecule has 0 radical (unpaired) electrons. The van der Waals surface area contributed by atoms with Crippen molar-refractivity contribution in [2.45, 2.75) is 87.6 Å². The number of methoxy groups -OCH3 is 1. The van der Waals surface area contributed by atoms with Crippen LogP contribution in [0.3, 0.4) is 0 Å². The third-order valence-electron chi connectivity index (χ3n) is 9.26. The summed E-state index contributed by atoms with van der Waals surface area (Å²) in [6.45, 7) is 8.77. The van der Waals surface area contributed by atoms with Crippen LogP contribution in [0.5, 0.6) is 0 Å². The van der Waals surface area contributed by atoms with Crippen LogP contribution in [0.2, 0.25) is 0 Å². The van der Waals surface area contributed by atoms with Crippen molar-refractivity contribution in [3.05, 3.63) is 41.4 Å². The number of benzene rings is 1. The van der Waals surface area contributed by atoms with Crippen molar-refractivity contribution in [2.75, 3.05) is 13.7 Å². The van der Waals surface area contributed by atoms with E-state index in [1.165, 1.54) is 24.1 Å². The van der Waals surface area contributed by atoms with Crippen molar-refractivity contribution in [1.29, 1.82) is 0 Å². The Balaban J connectivity index is 1.37. The topological polar surface area (TPSA) is 157 Å². The van der Waals surface area contributed by atoms with Crippen molar-refractivity contribution in [2.24, 2.45) is 23.2 Å². The first-order chi connectivity index (χ1) is 21.1. The fraction of sp³-hybridized carbons (Fsp3) is 0.613. The zero-order valence-corrected chi connectivity index (χ0v) is 28.2. The van der Waals surface area contributed by atoms with E-state index in [1.54, 1.807) is 39.0 Å². The standard InChI is InChI=1S/C31H40BrN3O9S/c1-6-19-15-31(19,28(38)42-5)34-26(36)24-14-22(44-45(40,41)23-9-7-20(32)8-10-23)16-35(24)27(37)25(30(2,3)4)33-29(39)43-21-12-17-11-18(17)13-21/h6-10,17-19,21-22,24-25H,1,11-16H2,2-5H3,(H,33,39)(H,34,36)/t17-,18+,19-,21-,22+,24+,25-,31-/m1/s1. The fourth-order valence-corrected chi connectivity index (χ4v) is 7.90. The molecule has 4 fully saturated rings. The molecule has 5 rings (SSSR count). The van der Waals surface area contributed by atoms with Gasteiger partial charge < -0.3 is 25.0 Å². The molecule has 1 heterocycles. The number of nitrogens with one attached hydrogen (secondary N) is 2. The molecule has 3 aliphatic carbocycles. The lowest BCUT2D eigenvalue weighted by Crippen LogP contribution is -2.59. The van der Waals surface area contributed by atoms with Gasteiger partial charge in [-0.15, -0.1) is 6.58 Å². The number of nitrogens with zero attached hydrogens (tertiary/aromatic N) is 1. The number of carbonyl (C=O) groups excluding carboxylic acids is 4. The van der Waals surface area contributed by atoms with E-state index in [4.69, 9.17) is 13.7 Å². The van der Waals surface area contributed by atoms with Crippen molar-refractivity contribution >= 4 is 49.9 Å². The van der Waals surface area contributed by atoms with E-state index in [0.29, 0.717) is 16.3 Å². The van der Waals surface area contributed by atoms with Crippen LogP contribution in [-0.2, 0) is 38.2 Å². The van der Waals surface area contributed by atoms with E-state index in [1.807, 2.05) is 0 Å².